The van der Waals surface area contributed by atoms with Crippen molar-refractivity contribution in [2.75, 3.05) is 0 Å². The second-order valence-electron chi connectivity index (χ2n) is 3.03. The van der Waals surface area contributed by atoms with Crippen LogP contribution in [0.2, 0.25) is 0 Å². The van der Waals surface area contributed by atoms with Crippen LogP contribution in [0.5, 0.6) is 0 Å². The zero-order chi connectivity index (χ0) is 7.98. The number of unbranched alkanes of at least 4 members (excludes halogenated alkanes) is 1. The van der Waals surface area contributed by atoms with Crippen LogP contribution in [0.4, 0.5) is 0 Å². The summed E-state index contributed by atoms with van der Waals surface area (Å²) in [4.78, 5) is 10.0. The molecule has 0 spiro atoms. The molecule has 0 saturated heterocycles. The second kappa shape index (κ2) is 8.19. The molecule has 2 nitrogen and oxygen atoms in total. The molecule has 0 aromatic rings. The van der Waals surface area contributed by atoms with Crippen molar-refractivity contribution >= 4 is 5.97 Å². The van der Waals surface area contributed by atoms with E-state index in [2.05, 4.69) is 13.8 Å². The number of hydrogen-bond donors (Lipinski definition) is 1. The van der Waals surface area contributed by atoms with Gasteiger partial charge in [-0.1, -0.05) is 26.7 Å². The topological polar surface area (TPSA) is 37.3 Å². The number of carboxylic acid groups (broad SMARTS) is 1. The number of carboxylic acids is 1. The van der Waals surface area contributed by atoms with Crippen LogP contribution in [0.1, 0.15) is 39.5 Å². The fourth-order valence-electron chi connectivity index (χ4n) is 0.829. The smallest absolute Gasteiger partial charge is 0.303 e. The van der Waals surface area contributed by atoms with Crippen LogP contribution in [-0.4, -0.2) is 11.1 Å². The molecular weight excluding hydrogens is 193 g/mol. The summed E-state index contributed by atoms with van der Waals surface area (Å²) >= 11 is 0. The molecular formula is C8H16O2Zn. The van der Waals surface area contributed by atoms with Crippen LogP contribution < -0.4 is 0 Å². The summed E-state index contributed by atoms with van der Waals surface area (Å²) < 4.78 is 0. The van der Waals surface area contributed by atoms with Crippen molar-refractivity contribution in [2.24, 2.45) is 5.92 Å². The number of aliphatic carboxylic acids is 1. The molecule has 3 heteroatoms. The molecule has 62 valence electrons. The van der Waals surface area contributed by atoms with Gasteiger partial charge < -0.3 is 5.11 Å². The largest absolute Gasteiger partial charge is 0.481 e. The van der Waals surface area contributed by atoms with Gasteiger partial charge >= 0.3 is 5.97 Å². The van der Waals surface area contributed by atoms with Gasteiger partial charge in [-0.3, -0.25) is 4.79 Å². The summed E-state index contributed by atoms with van der Waals surface area (Å²) in [7, 11) is 0. The van der Waals surface area contributed by atoms with Gasteiger partial charge in [0.1, 0.15) is 0 Å². The van der Waals surface area contributed by atoms with Crippen LogP contribution >= 0.6 is 0 Å². The molecule has 0 heterocycles. The Kier molecular flexibility index (Phi) is 10.2. The van der Waals surface area contributed by atoms with E-state index in [0.29, 0.717) is 12.3 Å². The van der Waals surface area contributed by atoms with Gasteiger partial charge in [0.15, 0.2) is 0 Å². The number of rotatable bonds is 5. The van der Waals surface area contributed by atoms with E-state index in [-0.39, 0.29) is 19.5 Å². The molecule has 0 fully saturated rings. The molecule has 11 heavy (non-hydrogen) atoms. The minimum absolute atomic E-state index is 0. The van der Waals surface area contributed by atoms with Gasteiger partial charge in [-0.15, -0.1) is 0 Å². The quantitative estimate of drug-likeness (QED) is 0.557. The third-order valence-corrected chi connectivity index (χ3v) is 1.42. The standard InChI is InChI=1S/C8H16O2.Zn/c1-7(2)5-3-4-6-8(9)10;/h7H,3-6H2,1-2H3,(H,9,10);. The van der Waals surface area contributed by atoms with E-state index in [1.807, 2.05) is 0 Å². The summed E-state index contributed by atoms with van der Waals surface area (Å²) in [5, 5.41) is 8.28. The van der Waals surface area contributed by atoms with Crippen molar-refractivity contribution < 1.29 is 29.4 Å². The molecule has 0 amide bonds. The van der Waals surface area contributed by atoms with Crippen LogP contribution in [0.25, 0.3) is 0 Å². The van der Waals surface area contributed by atoms with Gasteiger partial charge in [-0.25, -0.2) is 0 Å². The zero-order valence-electron chi connectivity index (χ0n) is 7.47. The molecule has 0 aromatic heterocycles. The van der Waals surface area contributed by atoms with Crippen molar-refractivity contribution in [3.05, 3.63) is 0 Å². The van der Waals surface area contributed by atoms with Gasteiger partial charge in [-0.2, -0.15) is 0 Å². The first-order valence-electron chi connectivity index (χ1n) is 3.84. The Morgan fingerprint density at radius 1 is 1.36 bits per heavy atom. The zero-order valence-corrected chi connectivity index (χ0v) is 10.4. The molecule has 0 unspecified atom stereocenters. The summed E-state index contributed by atoms with van der Waals surface area (Å²) in [5.74, 6) is 0.0255. The molecule has 0 radical (unpaired) electrons. The van der Waals surface area contributed by atoms with Crippen molar-refractivity contribution in [3.63, 3.8) is 0 Å². The van der Waals surface area contributed by atoms with E-state index in [0.717, 1.165) is 19.3 Å². The van der Waals surface area contributed by atoms with E-state index in [1.165, 1.54) is 0 Å². The van der Waals surface area contributed by atoms with Gasteiger partial charge in [-0.05, 0) is 12.3 Å². The molecule has 0 atom stereocenters. The summed E-state index contributed by atoms with van der Waals surface area (Å²) in [5.41, 5.74) is 0. The summed E-state index contributed by atoms with van der Waals surface area (Å²) in [6.07, 6.45) is 3.34. The minimum atomic E-state index is -0.677. The fourth-order valence-corrected chi connectivity index (χ4v) is 0.829. The molecule has 1 N–H and O–H groups in total. The fraction of sp³-hybridized carbons (Fsp3) is 0.875. The van der Waals surface area contributed by atoms with E-state index in [9.17, 15) is 4.79 Å². The normalized spacial score (nSPS) is 9.36. The first-order valence-corrected chi connectivity index (χ1v) is 3.84. The van der Waals surface area contributed by atoms with Crippen LogP contribution in [0.15, 0.2) is 0 Å². The number of carbonyl (C=O) groups is 1. The van der Waals surface area contributed by atoms with E-state index in [4.69, 9.17) is 5.11 Å². The average Bonchev–Trinajstić information content (AvgIpc) is 1.79. The molecule has 0 saturated carbocycles. The van der Waals surface area contributed by atoms with Gasteiger partial charge in [0, 0.05) is 25.9 Å². The summed E-state index contributed by atoms with van der Waals surface area (Å²) in [6, 6.07) is 0. The van der Waals surface area contributed by atoms with Gasteiger partial charge in [0.25, 0.3) is 0 Å². The van der Waals surface area contributed by atoms with Crippen LogP contribution in [0.3, 0.4) is 0 Å². The monoisotopic (exact) mass is 208 g/mol. The van der Waals surface area contributed by atoms with Crippen molar-refractivity contribution in [1.82, 2.24) is 0 Å². The van der Waals surface area contributed by atoms with E-state index in [1.54, 1.807) is 0 Å². The maximum atomic E-state index is 10.0. The molecule has 0 rings (SSSR count). The predicted molar refractivity (Wildman–Crippen MR) is 40.9 cm³/mol. The molecule has 0 aliphatic heterocycles. The maximum absolute atomic E-state index is 10.0. The second-order valence-corrected chi connectivity index (χ2v) is 3.03. The summed E-state index contributed by atoms with van der Waals surface area (Å²) in [6.45, 7) is 4.31. The first-order chi connectivity index (χ1) is 4.63. The Balaban J connectivity index is 0. The Hall–Kier alpha value is 0.0934. The Morgan fingerprint density at radius 2 is 1.91 bits per heavy atom. The Morgan fingerprint density at radius 3 is 2.27 bits per heavy atom. The first kappa shape index (κ1) is 13.7. The van der Waals surface area contributed by atoms with Crippen molar-refractivity contribution in [2.45, 2.75) is 39.5 Å². The third kappa shape index (κ3) is 13.1. The van der Waals surface area contributed by atoms with Crippen LogP contribution in [0, 0.1) is 5.92 Å². The maximum Gasteiger partial charge on any atom is 0.303 e. The third-order valence-electron chi connectivity index (χ3n) is 1.42. The van der Waals surface area contributed by atoms with E-state index >= 15 is 0 Å². The van der Waals surface area contributed by atoms with Gasteiger partial charge in [0.2, 0.25) is 0 Å². The Labute approximate surface area is 81.1 Å². The Bertz CT molecular complexity index is 102. The minimum Gasteiger partial charge on any atom is -0.481 e. The molecule has 0 aliphatic rings. The van der Waals surface area contributed by atoms with Gasteiger partial charge in [0.05, 0.1) is 0 Å². The predicted octanol–water partition coefficient (Wildman–Crippen LogP) is 2.28. The average molecular weight is 210 g/mol. The van der Waals surface area contributed by atoms with Crippen LogP contribution in [-0.2, 0) is 24.3 Å². The van der Waals surface area contributed by atoms with Crippen molar-refractivity contribution in [3.8, 4) is 0 Å². The number of hydrogen-bond acceptors (Lipinski definition) is 1. The van der Waals surface area contributed by atoms with E-state index < -0.39 is 5.97 Å². The molecule has 0 bridgehead atoms. The van der Waals surface area contributed by atoms with Crippen molar-refractivity contribution in [1.29, 1.82) is 0 Å². The SMILES string of the molecule is CC(C)CCCCC(=O)O.[Zn]. The molecule has 0 aromatic carbocycles. The molecule has 0 aliphatic carbocycles.